The fourth-order valence-electron chi connectivity index (χ4n) is 1.21. The number of carbonyl (C=O) groups excluding carboxylic acids is 3. The van der Waals surface area contributed by atoms with Gasteiger partial charge in [-0.25, -0.2) is 0 Å². The average Bonchev–Trinajstić information content (AvgIpc) is 2.29. The predicted octanol–water partition coefficient (Wildman–Crippen LogP) is -0.0982. The highest BCUT2D eigenvalue weighted by molar-refractivity contribution is 6.17. The molecule has 0 radical (unpaired) electrons. The van der Waals surface area contributed by atoms with E-state index < -0.39 is 23.3 Å². The highest BCUT2D eigenvalue weighted by Crippen LogP contribution is 2.27. The summed E-state index contributed by atoms with van der Waals surface area (Å²) >= 11 is 0. The molecular formula is C9H14O6. The first-order valence-corrected chi connectivity index (χ1v) is 4.26. The van der Waals surface area contributed by atoms with Gasteiger partial charge in [0.1, 0.15) is 0 Å². The second-order valence-electron chi connectivity index (χ2n) is 2.73. The average molecular weight is 218 g/mol. The van der Waals surface area contributed by atoms with Crippen molar-refractivity contribution in [1.29, 1.82) is 0 Å². The fourth-order valence-corrected chi connectivity index (χ4v) is 1.21. The van der Waals surface area contributed by atoms with Gasteiger partial charge in [0, 0.05) is 0 Å². The predicted molar refractivity (Wildman–Crippen MR) is 48.8 cm³/mol. The second-order valence-corrected chi connectivity index (χ2v) is 2.73. The van der Waals surface area contributed by atoms with Crippen molar-refractivity contribution in [3.05, 3.63) is 0 Å². The van der Waals surface area contributed by atoms with Gasteiger partial charge in [-0.2, -0.15) is 0 Å². The standard InChI is InChI=1S/C9H14O6/c1-5-9(6(10)13-2,7(11)14-3)8(12)15-4/h5H2,1-4H3. The van der Waals surface area contributed by atoms with Crippen molar-refractivity contribution in [3.8, 4) is 0 Å². The number of ether oxygens (including phenoxy) is 3. The Morgan fingerprint density at radius 1 is 0.867 bits per heavy atom. The molecule has 0 rings (SSSR count). The molecule has 0 aromatic carbocycles. The molecule has 86 valence electrons. The largest absolute Gasteiger partial charge is 0.468 e. The SMILES string of the molecule is CCC(C(=O)OC)(C(=O)OC)C(=O)OC. The summed E-state index contributed by atoms with van der Waals surface area (Å²) in [6.07, 6.45) is -0.0843. The molecule has 15 heavy (non-hydrogen) atoms. The van der Waals surface area contributed by atoms with Gasteiger partial charge in [-0.3, -0.25) is 14.4 Å². The zero-order valence-electron chi connectivity index (χ0n) is 9.16. The minimum atomic E-state index is -2.02. The van der Waals surface area contributed by atoms with Crippen LogP contribution < -0.4 is 0 Å². The van der Waals surface area contributed by atoms with Crippen LogP contribution in [0.4, 0.5) is 0 Å². The summed E-state index contributed by atoms with van der Waals surface area (Å²) in [5.74, 6) is -2.95. The third-order valence-corrected chi connectivity index (χ3v) is 2.13. The topological polar surface area (TPSA) is 78.9 Å². The molecule has 0 spiro atoms. The highest BCUT2D eigenvalue weighted by atomic mass is 16.6. The van der Waals surface area contributed by atoms with Crippen LogP contribution in [0.3, 0.4) is 0 Å². The minimum absolute atomic E-state index is 0.0843. The normalized spacial score (nSPS) is 10.4. The van der Waals surface area contributed by atoms with Crippen LogP contribution in [0.2, 0.25) is 0 Å². The lowest BCUT2D eigenvalue weighted by Gasteiger charge is -2.23. The number of rotatable bonds is 4. The van der Waals surface area contributed by atoms with Crippen molar-refractivity contribution >= 4 is 17.9 Å². The number of esters is 3. The van der Waals surface area contributed by atoms with Gasteiger partial charge >= 0.3 is 17.9 Å². The van der Waals surface area contributed by atoms with Gasteiger partial charge in [0.2, 0.25) is 0 Å². The maximum atomic E-state index is 11.4. The van der Waals surface area contributed by atoms with Crippen molar-refractivity contribution < 1.29 is 28.6 Å². The Hall–Kier alpha value is -1.59. The number of hydrogen-bond acceptors (Lipinski definition) is 6. The molecule has 0 bridgehead atoms. The number of carbonyl (C=O) groups is 3. The molecule has 0 aromatic heterocycles. The molecule has 0 N–H and O–H groups in total. The third-order valence-electron chi connectivity index (χ3n) is 2.13. The molecule has 0 amide bonds. The summed E-state index contributed by atoms with van der Waals surface area (Å²) in [7, 11) is 3.25. The molecule has 0 saturated carbocycles. The first-order valence-electron chi connectivity index (χ1n) is 4.26. The smallest absolute Gasteiger partial charge is 0.334 e. The van der Waals surface area contributed by atoms with Gasteiger partial charge in [-0.1, -0.05) is 6.92 Å². The number of hydrogen-bond donors (Lipinski definition) is 0. The van der Waals surface area contributed by atoms with Crippen molar-refractivity contribution in [2.45, 2.75) is 13.3 Å². The molecule has 6 nitrogen and oxygen atoms in total. The van der Waals surface area contributed by atoms with E-state index in [4.69, 9.17) is 0 Å². The molecule has 0 aliphatic carbocycles. The van der Waals surface area contributed by atoms with E-state index >= 15 is 0 Å². The Morgan fingerprint density at radius 3 is 1.27 bits per heavy atom. The third kappa shape index (κ3) is 2.08. The molecular weight excluding hydrogens is 204 g/mol. The van der Waals surface area contributed by atoms with Gasteiger partial charge in [0.05, 0.1) is 21.3 Å². The molecule has 0 unspecified atom stereocenters. The van der Waals surface area contributed by atoms with E-state index in [0.29, 0.717) is 0 Å². The van der Waals surface area contributed by atoms with Crippen LogP contribution in [-0.4, -0.2) is 39.2 Å². The second kappa shape index (κ2) is 5.33. The van der Waals surface area contributed by atoms with Crippen molar-refractivity contribution in [2.75, 3.05) is 21.3 Å². The Balaban J connectivity index is 5.39. The van der Waals surface area contributed by atoms with Crippen LogP contribution in [0.25, 0.3) is 0 Å². The van der Waals surface area contributed by atoms with Gasteiger partial charge < -0.3 is 14.2 Å². The molecule has 0 aliphatic rings. The Morgan fingerprint density at radius 2 is 1.13 bits per heavy atom. The lowest BCUT2D eigenvalue weighted by Crippen LogP contribution is -2.48. The Bertz CT molecular complexity index is 229. The van der Waals surface area contributed by atoms with Gasteiger partial charge in [0.25, 0.3) is 5.41 Å². The van der Waals surface area contributed by atoms with Gasteiger partial charge in [-0.05, 0) is 6.42 Å². The van der Waals surface area contributed by atoms with Crippen LogP contribution >= 0.6 is 0 Å². The summed E-state index contributed by atoms with van der Waals surface area (Å²) in [5, 5.41) is 0. The van der Waals surface area contributed by atoms with E-state index in [2.05, 4.69) is 14.2 Å². The van der Waals surface area contributed by atoms with E-state index in [1.165, 1.54) is 6.92 Å². The first kappa shape index (κ1) is 13.4. The molecule has 0 aromatic rings. The van der Waals surface area contributed by atoms with Crippen LogP contribution in [0.1, 0.15) is 13.3 Å². The van der Waals surface area contributed by atoms with E-state index in [1.54, 1.807) is 0 Å². The molecule has 6 heteroatoms. The monoisotopic (exact) mass is 218 g/mol. The summed E-state index contributed by atoms with van der Waals surface area (Å²) < 4.78 is 13.2. The summed E-state index contributed by atoms with van der Waals surface area (Å²) in [6.45, 7) is 1.49. The summed E-state index contributed by atoms with van der Waals surface area (Å²) in [5.41, 5.74) is -2.02. The Labute approximate surface area is 87.5 Å². The van der Waals surface area contributed by atoms with Crippen LogP contribution in [0.5, 0.6) is 0 Å². The highest BCUT2D eigenvalue weighted by Gasteiger charge is 2.55. The maximum Gasteiger partial charge on any atom is 0.334 e. The van der Waals surface area contributed by atoms with Gasteiger partial charge in [-0.15, -0.1) is 0 Å². The molecule has 0 fully saturated rings. The lowest BCUT2D eigenvalue weighted by atomic mass is 9.85. The lowest BCUT2D eigenvalue weighted by molar-refractivity contribution is -0.180. The Kier molecular flexibility index (Phi) is 4.77. The molecule has 0 heterocycles. The fraction of sp³-hybridized carbons (Fsp3) is 0.667. The van der Waals surface area contributed by atoms with Crippen LogP contribution in [0, 0.1) is 5.41 Å². The first-order chi connectivity index (χ1) is 7.00. The zero-order chi connectivity index (χ0) is 12.1. The summed E-state index contributed by atoms with van der Waals surface area (Å²) in [4.78, 5) is 34.3. The van der Waals surface area contributed by atoms with Crippen LogP contribution in [-0.2, 0) is 28.6 Å². The van der Waals surface area contributed by atoms with Crippen LogP contribution in [0.15, 0.2) is 0 Å². The number of methoxy groups -OCH3 is 3. The van der Waals surface area contributed by atoms with E-state index in [0.717, 1.165) is 21.3 Å². The van der Waals surface area contributed by atoms with Crippen molar-refractivity contribution in [1.82, 2.24) is 0 Å². The summed E-state index contributed by atoms with van der Waals surface area (Å²) in [6, 6.07) is 0. The van der Waals surface area contributed by atoms with E-state index in [1.807, 2.05) is 0 Å². The van der Waals surface area contributed by atoms with Crippen molar-refractivity contribution in [3.63, 3.8) is 0 Å². The molecule has 0 aliphatic heterocycles. The minimum Gasteiger partial charge on any atom is -0.468 e. The van der Waals surface area contributed by atoms with Crippen molar-refractivity contribution in [2.24, 2.45) is 5.41 Å². The zero-order valence-corrected chi connectivity index (χ0v) is 9.16. The maximum absolute atomic E-state index is 11.4. The molecule has 0 saturated heterocycles. The molecule has 0 atom stereocenters. The van der Waals surface area contributed by atoms with Gasteiger partial charge in [0.15, 0.2) is 0 Å². The quantitative estimate of drug-likeness (QED) is 0.372. The van der Waals surface area contributed by atoms with E-state index in [9.17, 15) is 14.4 Å². The van der Waals surface area contributed by atoms with E-state index in [-0.39, 0.29) is 6.42 Å².